The van der Waals surface area contributed by atoms with Gasteiger partial charge in [0.25, 0.3) is 0 Å². The van der Waals surface area contributed by atoms with E-state index in [4.69, 9.17) is 0 Å². The van der Waals surface area contributed by atoms with Crippen LogP contribution in [0.4, 0.5) is 0 Å². The van der Waals surface area contributed by atoms with Crippen LogP contribution in [-0.2, 0) is 17.6 Å². The lowest BCUT2D eigenvalue weighted by molar-refractivity contribution is -0.134. The minimum atomic E-state index is 0.0745. The SMILES string of the molecule is CC(C)C(=O)N1CCc2ccc(SN(C)[C@@H](C)c3ccccc3)cc2CC1. The van der Waals surface area contributed by atoms with Crippen molar-refractivity contribution in [3.63, 3.8) is 0 Å². The average Bonchev–Trinajstić information content (AvgIpc) is 2.89. The first kappa shape index (κ1) is 20.0. The first-order chi connectivity index (χ1) is 13.0. The molecule has 1 aliphatic rings. The number of hydrogen-bond donors (Lipinski definition) is 0. The van der Waals surface area contributed by atoms with Gasteiger partial charge in [-0.3, -0.25) is 4.79 Å². The number of amides is 1. The third-order valence-corrected chi connectivity index (χ3v) is 6.43. The molecule has 2 aromatic carbocycles. The molecule has 0 aromatic heterocycles. The van der Waals surface area contributed by atoms with Crippen LogP contribution in [0.25, 0.3) is 0 Å². The fraction of sp³-hybridized carbons (Fsp3) is 0.435. The summed E-state index contributed by atoms with van der Waals surface area (Å²) in [6, 6.07) is 17.7. The van der Waals surface area contributed by atoms with E-state index in [0.717, 1.165) is 25.9 Å². The number of benzene rings is 2. The van der Waals surface area contributed by atoms with E-state index in [1.165, 1.54) is 21.6 Å². The lowest BCUT2D eigenvalue weighted by Crippen LogP contribution is -2.36. The molecule has 0 spiro atoms. The van der Waals surface area contributed by atoms with Crippen molar-refractivity contribution in [3.8, 4) is 0 Å². The lowest BCUT2D eigenvalue weighted by Gasteiger charge is -2.24. The minimum absolute atomic E-state index is 0.0745. The van der Waals surface area contributed by atoms with Gasteiger partial charge >= 0.3 is 0 Å². The Morgan fingerprint density at radius 2 is 1.67 bits per heavy atom. The summed E-state index contributed by atoms with van der Waals surface area (Å²) >= 11 is 1.79. The van der Waals surface area contributed by atoms with E-state index in [0.29, 0.717) is 6.04 Å². The second-order valence-corrected chi connectivity index (χ2v) is 8.86. The molecule has 0 bridgehead atoms. The van der Waals surface area contributed by atoms with Gasteiger partial charge in [0.2, 0.25) is 5.91 Å². The summed E-state index contributed by atoms with van der Waals surface area (Å²) in [6.07, 6.45) is 1.90. The van der Waals surface area contributed by atoms with E-state index in [-0.39, 0.29) is 11.8 Å². The monoisotopic (exact) mass is 382 g/mol. The maximum Gasteiger partial charge on any atom is 0.225 e. The maximum atomic E-state index is 12.3. The maximum absolute atomic E-state index is 12.3. The van der Waals surface area contributed by atoms with Crippen molar-refractivity contribution in [3.05, 3.63) is 65.2 Å². The van der Waals surface area contributed by atoms with E-state index >= 15 is 0 Å². The van der Waals surface area contributed by atoms with Gasteiger partial charge in [-0.2, -0.15) is 0 Å². The molecule has 0 fully saturated rings. The highest BCUT2D eigenvalue weighted by molar-refractivity contribution is 7.97. The Morgan fingerprint density at radius 3 is 2.33 bits per heavy atom. The van der Waals surface area contributed by atoms with Crippen LogP contribution in [-0.4, -0.2) is 35.2 Å². The summed E-state index contributed by atoms with van der Waals surface area (Å²) in [4.78, 5) is 15.6. The quantitative estimate of drug-likeness (QED) is 0.682. The van der Waals surface area contributed by atoms with Gasteiger partial charge in [-0.15, -0.1) is 0 Å². The number of nitrogens with zero attached hydrogens (tertiary/aromatic N) is 2. The van der Waals surface area contributed by atoms with Crippen molar-refractivity contribution in [2.24, 2.45) is 5.92 Å². The fourth-order valence-corrected chi connectivity index (χ4v) is 4.47. The van der Waals surface area contributed by atoms with E-state index in [1.807, 2.05) is 18.7 Å². The van der Waals surface area contributed by atoms with Gasteiger partial charge in [-0.05, 0) is 67.6 Å². The van der Waals surface area contributed by atoms with Gasteiger partial charge < -0.3 is 4.90 Å². The second kappa shape index (κ2) is 8.94. The number of fused-ring (bicyclic) bond motifs is 1. The zero-order valence-electron chi connectivity index (χ0n) is 16.8. The largest absolute Gasteiger partial charge is 0.342 e. The smallest absolute Gasteiger partial charge is 0.225 e. The van der Waals surface area contributed by atoms with E-state index < -0.39 is 0 Å². The Morgan fingerprint density at radius 1 is 1.00 bits per heavy atom. The summed E-state index contributed by atoms with van der Waals surface area (Å²) in [5.41, 5.74) is 4.10. The molecule has 4 heteroatoms. The van der Waals surface area contributed by atoms with Crippen LogP contribution in [0.5, 0.6) is 0 Å². The normalized spacial score (nSPS) is 15.6. The first-order valence-electron chi connectivity index (χ1n) is 9.82. The highest BCUT2D eigenvalue weighted by Crippen LogP contribution is 2.32. The summed E-state index contributed by atoms with van der Waals surface area (Å²) < 4.78 is 2.31. The van der Waals surface area contributed by atoms with Crippen LogP contribution in [0.1, 0.15) is 43.5 Å². The molecule has 0 unspecified atom stereocenters. The molecule has 1 amide bonds. The third-order valence-electron chi connectivity index (χ3n) is 5.36. The Labute approximate surface area is 167 Å². The zero-order chi connectivity index (χ0) is 19.4. The van der Waals surface area contributed by atoms with Crippen molar-refractivity contribution >= 4 is 17.9 Å². The summed E-state index contributed by atoms with van der Waals surface area (Å²) in [7, 11) is 2.15. The molecule has 0 N–H and O–H groups in total. The van der Waals surface area contributed by atoms with Crippen molar-refractivity contribution in [1.29, 1.82) is 0 Å². The number of hydrogen-bond acceptors (Lipinski definition) is 3. The Balaban J connectivity index is 1.68. The third kappa shape index (κ3) is 4.94. The molecule has 2 aromatic rings. The number of rotatable bonds is 5. The van der Waals surface area contributed by atoms with Crippen molar-refractivity contribution in [2.75, 3.05) is 20.1 Å². The predicted octanol–water partition coefficient (Wildman–Crippen LogP) is 4.97. The van der Waals surface area contributed by atoms with Crippen LogP contribution in [0.3, 0.4) is 0 Å². The van der Waals surface area contributed by atoms with Crippen LogP contribution in [0.2, 0.25) is 0 Å². The topological polar surface area (TPSA) is 23.6 Å². The van der Waals surface area contributed by atoms with E-state index in [2.05, 4.69) is 66.8 Å². The van der Waals surface area contributed by atoms with Gasteiger partial charge in [0.15, 0.2) is 0 Å². The fourth-order valence-electron chi connectivity index (χ4n) is 3.53. The summed E-state index contributed by atoms with van der Waals surface area (Å²) in [5.74, 6) is 0.347. The van der Waals surface area contributed by atoms with Gasteiger partial charge in [0.05, 0.1) is 0 Å². The molecule has 0 radical (unpaired) electrons. The van der Waals surface area contributed by atoms with Gasteiger partial charge in [-0.1, -0.05) is 50.2 Å². The second-order valence-electron chi connectivity index (χ2n) is 7.63. The standard InChI is InChI=1S/C23H30N2OS/c1-17(2)23(26)25-14-12-20-10-11-22(16-21(20)13-15-25)27-24(4)18(3)19-8-6-5-7-9-19/h5-11,16-18H,12-15H2,1-4H3/t18-/m0/s1. The summed E-state index contributed by atoms with van der Waals surface area (Å²) in [5, 5.41) is 0. The van der Waals surface area contributed by atoms with Crippen molar-refractivity contribution < 1.29 is 4.79 Å². The van der Waals surface area contributed by atoms with Crippen LogP contribution in [0, 0.1) is 5.92 Å². The van der Waals surface area contributed by atoms with Gasteiger partial charge in [0.1, 0.15) is 0 Å². The highest BCUT2D eigenvalue weighted by Gasteiger charge is 2.21. The van der Waals surface area contributed by atoms with Crippen molar-refractivity contribution in [2.45, 2.75) is 44.6 Å². The molecule has 0 saturated carbocycles. The molecule has 3 nitrogen and oxygen atoms in total. The molecule has 1 aliphatic heterocycles. The lowest BCUT2D eigenvalue weighted by atomic mass is 10.0. The molecular formula is C23H30N2OS. The predicted molar refractivity (Wildman–Crippen MR) is 114 cm³/mol. The molecular weight excluding hydrogens is 352 g/mol. The van der Waals surface area contributed by atoms with Crippen LogP contribution >= 0.6 is 11.9 Å². The Hall–Kier alpha value is -1.78. The van der Waals surface area contributed by atoms with Crippen molar-refractivity contribution in [1.82, 2.24) is 9.21 Å². The summed E-state index contributed by atoms with van der Waals surface area (Å²) in [6.45, 7) is 7.87. The Kier molecular flexibility index (Phi) is 6.61. The highest BCUT2D eigenvalue weighted by atomic mass is 32.2. The molecule has 0 aliphatic carbocycles. The average molecular weight is 383 g/mol. The van der Waals surface area contributed by atoms with Crippen LogP contribution < -0.4 is 0 Å². The zero-order valence-corrected chi connectivity index (χ0v) is 17.6. The minimum Gasteiger partial charge on any atom is -0.342 e. The van der Waals surface area contributed by atoms with E-state index in [1.54, 1.807) is 11.9 Å². The van der Waals surface area contributed by atoms with E-state index in [9.17, 15) is 4.79 Å². The molecule has 27 heavy (non-hydrogen) atoms. The van der Waals surface area contributed by atoms with Gasteiger partial charge in [-0.25, -0.2) is 4.31 Å². The number of carbonyl (C=O) groups excluding carboxylic acids is 1. The van der Waals surface area contributed by atoms with Gasteiger partial charge in [0, 0.05) is 29.9 Å². The Bertz CT molecular complexity index is 775. The molecule has 1 heterocycles. The van der Waals surface area contributed by atoms with Crippen LogP contribution in [0.15, 0.2) is 53.4 Å². The number of carbonyl (C=O) groups is 1. The molecule has 1 atom stereocenters. The molecule has 0 saturated heterocycles. The molecule has 144 valence electrons. The first-order valence-corrected chi connectivity index (χ1v) is 10.6. The molecule has 3 rings (SSSR count).